The fourth-order valence-corrected chi connectivity index (χ4v) is 6.27. The summed E-state index contributed by atoms with van der Waals surface area (Å²) in [6.45, 7) is 5.28. The Hall–Kier alpha value is -3.05. The lowest BCUT2D eigenvalue weighted by Gasteiger charge is -2.38. The molecule has 2 aromatic heterocycles. The number of nitrogens with zero attached hydrogens (tertiary/aromatic N) is 7. The van der Waals surface area contributed by atoms with E-state index in [9.17, 15) is 13.2 Å². The SMILES string of the molecule is Cc1ccc(S(=O)(=O)N2CCC(C(=O)N3CCN(c4ncnc5c4cnn5C)CC3)CC2)cc1. The zero-order valence-corrected chi connectivity index (χ0v) is 20.3. The van der Waals surface area contributed by atoms with E-state index in [1.807, 2.05) is 31.0 Å². The van der Waals surface area contributed by atoms with Crippen molar-refractivity contribution in [2.75, 3.05) is 44.2 Å². The highest BCUT2D eigenvalue weighted by atomic mass is 32.2. The van der Waals surface area contributed by atoms with E-state index in [4.69, 9.17) is 0 Å². The molecule has 3 aromatic rings. The third-order valence-electron chi connectivity index (χ3n) is 6.86. The molecule has 10 nitrogen and oxygen atoms in total. The molecule has 34 heavy (non-hydrogen) atoms. The fourth-order valence-electron chi connectivity index (χ4n) is 4.80. The predicted octanol–water partition coefficient (Wildman–Crippen LogP) is 1.42. The second-order valence-corrected chi connectivity index (χ2v) is 10.9. The van der Waals surface area contributed by atoms with Crippen molar-refractivity contribution in [1.29, 1.82) is 0 Å². The Kier molecular flexibility index (Phi) is 5.98. The first-order valence-corrected chi connectivity index (χ1v) is 13.0. The van der Waals surface area contributed by atoms with Crippen molar-refractivity contribution in [3.63, 3.8) is 0 Å². The summed E-state index contributed by atoms with van der Waals surface area (Å²) >= 11 is 0. The highest BCUT2D eigenvalue weighted by Crippen LogP contribution is 2.27. The highest BCUT2D eigenvalue weighted by molar-refractivity contribution is 7.89. The number of piperidine rings is 1. The zero-order valence-electron chi connectivity index (χ0n) is 19.5. The van der Waals surface area contributed by atoms with Crippen LogP contribution in [0.5, 0.6) is 0 Å². The summed E-state index contributed by atoms with van der Waals surface area (Å²) in [5.41, 5.74) is 1.81. The standard InChI is InChI=1S/C23H29N7O3S/c1-17-3-5-19(6-4-17)34(32,33)30-9-7-18(8-10-30)23(31)29-13-11-28(12-14-29)22-20-15-26-27(2)21(20)24-16-25-22/h3-6,15-16,18H,7-14H2,1-2H3. The molecule has 5 rings (SSSR count). The average Bonchev–Trinajstić information content (AvgIpc) is 3.25. The van der Waals surface area contributed by atoms with Crippen LogP contribution in [0.25, 0.3) is 11.0 Å². The number of carbonyl (C=O) groups excluding carboxylic acids is 1. The van der Waals surface area contributed by atoms with E-state index in [0.717, 1.165) is 22.4 Å². The Balaban J connectivity index is 1.18. The average molecular weight is 484 g/mol. The molecule has 2 saturated heterocycles. The summed E-state index contributed by atoms with van der Waals surface area (Å²) in [5, 5.41) is 5.19. The molecule has 180 valence electrons. The van der Waals surface area contributed by atoms with Gasteiger partial charge >= 0.3 is 0 Å². The fraction of sp³-hybridized carbons (Fsp3) is 0.478. The van der Waals surface area contributed by atoms with E-state index in [-0.39, 0.29) is 11.8 Å². The van der Waals surface area contributed by atoms with Gasteiger partial charge in [-0.3, -0.25) is 9.48 Å². The summed E-state index contributed by atoms with van der Waals surface area (Å²) in [4.78, 5) is 26.3. The zero-order chi connectivity index (χ0) is 23.9. The van der Waals surface area contributed by atoms with Gasteiger partial charge in [-0.2, -0.15) is 9.40 Å². The van der Waals surface area contributed by atoms with E-state index >= 15 is 0 Å². The number of hydrogen-bond donors (Lipinski definition) is 0. The topological polar surface area (TPSA) is 105 Å². The van der Waals surface area contributed by atoms with Gasteiger partial charge in [0.25, 0.3) is 0 Å². The molecule has 0 bridgehead atoms. The Morgan fingerprint density at radius 1 is 0.971 bits per heavy atom. The summed E-state index contributed by atoms with van der Waals surface area (Å²) in [6, 6.07) is 6.92. The maximum Gasteiger partial charge on any atom is 0.243 e. The molecule has 1 aromatic carbocycles. The minimum atomic E-state index is -3.52. The number of hydrogen-bond acceptors (Lipinski definition) is 7. The number of benzene rings is 1. The van der Waals surface area contributed by atoms with Crippen LogP contribution >= 0.6 is 0 Å². The smallest absolute Gasteiger partial charge is 0.243 e. The highest BCUT2D eigenvalue weighted by Gasteiger charge is 2.35. The van der Waals surface area contributed by atoms with E-state index in [2.05, 4.69) is 20.0 Å². The molecular weight excluding hydrogens is 454 g/mol. The van der Waals surface area contributed by atoms with E-state index in [1.54, 1.807) is 29.3 Å². The van der Waals surface area contributed by atoms with Gasteiger partial charge in [0.15, 0.2) is 5.65 Å². The first-order chi connectivity index (χ1) is 16.3. The van der Waals surface area contributed by atoms with Gasteiger partial charge < -0.3 is 9.80 Å². The summed E-state index contributed by atoms with van der Waals surface area (Å²) < 4.78 is 29.1. The maximum atomic E-state index is 13.2. The number of fused-ring (bicyclic) bond motifs is 1. The van der Waals surface area contributed by atoms with Crippen LogP contribution in [0, 0.1) is 12.8 Å². The number of anilines is 1. The van der Waals surface area contributed by atoms with E-state index in [0.29, 0.717) is 57.0 Å². The molecule has 0 radical (unpaired) electrons. The van der Waals surface area contributed by atoms with Crippen molar-refractivity contribution in [3.05, 3.63) is 42.4 Å². The number of aromatic nitrogens is 4. The van der Waals surface area contributed by atoms with Crippen LogP contribution < -0.4 is 4.90 Å². The van der Waals surface area contributed by atoms with Crippen molar-refractivity contribution in [2.45, 2.75) is 24.7 Å². The molecule has 11 heteroatoms. The van der Waals surface area contributed by atoms with Gasteiger partial charge in [-0.15, -0.1) is 0 Å². The third-order valence-corrected chi connectivity index (χ3v) is 8.77. The second-order valence-electron chi connectivity index (χ2n) is 9.01. The van der Waals surface area contributed by atoms with Crippen LogP contribution in [0.3, 0.4) is 0 Å². The Morgan fingerprint density at radius 3 is 2.32 bits per heavy atom. The number of carbonyl (C=O) groups is 1. The lowest BCUT2D eigenvalue weighted by Crippen LogP contribution is -2.52. The quantitative estimate of drug-likeness (QED) is 0.553. The Labute approximate surface area is 199 Å². The molecule has 2 aliphatic heterocycles. The van der Waals surface area contributed by atoms with E-state index in [1.165, 1.54) is 4.31 Å². The van der Waals surface area contributed by atoms with Crippen LogP contribution in [-0.4, -0.2) is 82.5 Å². The first-order valence-electron chi connectivity index (χ1n) is 11.6. The summed E-state index contributed by atoms with van der Waals surface area (Å²) in [6.07, 6.45) is 4.43. The van der Waals surface area contributed by atoms with Gasteiger partial charge in [0, 0.05) is 52.2 Å². The minimum Gasteiger partial charge on any atom is -0.352 e. The molecule has 2 aliphatic rings. The van der Waals surface area contributed by atoms with E-state index < -0.39 is 10.0 Å². The Morgan fingerprint density at radius 2 is 1.65 bits per heavy atom. The summed E-state index contributed by atoms with van der Waals surface area (Å²) in [5.74, 6) is 0.834. The number of amides is 1. The van der Waals surface area contributed by atoms with Crippen molar-refractivity contribution in [3.8, 4) is 0 Å². The molecule has 4 heterocycles. The molecule has 0 N–H and O–H groups in total. The van der Waals surface area contributed by atoms with Crippen LogP contribution in [0.1, 0.15) is 18.4 Å². The second kappa shape index (κ2) is 8.95. The van der Waals surface area contributed by atoms with Gasteiger partial charge in [0.1, 0.15) is 12.1 Å². The van der Waals surface area contributed by atoms with Crippen molar-refractivity contribution < 1.29 is 13.2 Å². The molecule has 0 saturated carbocycles. The lowest BCUT2D eigenvalue weighted by atomic mass is 9.96. The molecular formula is C23H29N7O3S. The van der Waals surface area contributed by atoms with Gasteiger partial charge in [-0.25, -0.2) is 18.4 Å². The maximum absolute atomic E-state index is 13.2. The van der Waals surface area contributed by atoms with Crippen molar-refractivity contribution in [1.82, 2.24) is 29.0 Å². The monoisotopic (exact) mass is 483 g/mol. The molecule has 0 atom stereocenters. The van der Waals surface area contributed by atoms with Crippen molar-refractivity contribution >= 4 is 32.8 Å². The third kappa shape index (κ3) is 4.14. The Bertz CT molecular complexity index is 1290. The molecule has 0 unspecified atom stereocenters. The number of aryl methyl sites for hydroxylation is 2. The summed E-state index contributed by atoms with van der Waals surface area (Å²) in [7, 11) is -1.67. The van der Waals surface area contributed by atoms with Crippen LogP contribution in [0.15, 0.2) is 41.7 Å². The largest absolute Gasteiger partial charge is 0.352 e. The minimum absolute atomic E-state index is 0.126. The normalized spacial score (nSPS) is 18.5. The van der Waals surface area contributed by atoms with Gasteiger partial charge in [0.2, 0.25) is 15.9 Å². The van der Waals surface area contributed by atoms with Crippen molar-refractivity contribution in [2.24, 2.45) is 13.0 Å². The van der Waals surface area contributed by atoms with Gasteiger partial charge in [-0.1, -0.05) is 17.7 Å². The molecule has 0 aliphatic carbocycles. The van der Waals surface area contributed by atoms with Crippen LogP contribution in [0.4, 0.5) is 5.82 Å². The van der Waals surface area contributed by atoms with Gasteiger partial charge in [-0.05, 0) is 31.9 Å². The molecule has 1 amide bonds. The van der Waals surface area contributed by atoms with Crippen LogP contribution in [-0.2, 0) is 21.9 Å². The first kappa shape index (κ1) is 22.7. The predicted molar refractivity (Wildman–Crippen MR) is 128 cm³/mol. The lowest BCUT2D eigenvalue weighted by molar-refractivity contribution is -0.137. The number of piperazine rings is 1. The molecule has 2 fully saturated rings. The number of rotatable bonds is 4. The number of sulfonamides is 1. The molecule has 0 spiro atoms. The van der Waals surface area contributed by atoms with Gasteiger partial charge in [0.05, 0.1) is 16.5 Å². The van der Waals surface area contributed by atoms with Crippen LogP contribution in [0.2, 0.25) is 0 Å².